The summed E-state index contributed by atoms with van der Waals surface area (Å²) in [6.07, 6.45) is 0.520. The van der Waals surface area contributed by atoms with E-state index in [0.29, 0.717) is 25.9 Å². The molecule has 1 atom stereocenters. The van der Waals surface area contributed by atoms with Crippen LogP contribution in [0.2, 0.25) is 0 Å². The van der Waals surface area contributed by atoms with Gasteiger partial charge in [0.05, 0.1) is 19.7 Å². The minimum atomic E-state index is -4.35. The van der Waals surface area contributed by atoms with E-state index in [-0.39, 0.29) is 23.4 Å². The number of ether oxygens (including phenoxy) is 1. The van der Waals surface area contributed by atoms with Crippen molar-refractivity contribution >= 4 is 13.6 Å². The van der Waals surface area contributed by atoms with Gasteiger partial charge in [0, 0.05) is 0 Å². The Hall–Kier alpha value is -1.47. The van der Waals surface area contributed by atoms with Gasteiger partial charge in [0.25, 0.3) is 0 Å². The summed E-state index contributed by atoms with van der Waals surface area (Å²) in [7, 11) is -4.35. The van der Waals surface area contributed by atoms with Gasteiger partial charge < -0.3 is 24.1 Å². The maximum atomic E-state index is 13.7. The van der Waals surface area contributed by atoms with Gasteiger partial charge in [-0.1, -0.05) is 6.07 Å². The van der Waals surface area contributed by atoms with Crippen LogP contribution in [0.4, 0.5) is 4.39 Å². The number of halogens is 1. The lowest BCUT2D eigenvalue weighted by atomic mass is 10.2. The van der Waals surface area contributed by atoms with E-state index in [1.807, 2.05) is 0 Å². The monoisotopic (exact) mass is 378 g/mol. The number of hydrogen-bond acceptors (Lipinski definition) is 3. The summed E-state index contributed by atoms with van der Waals surface area (Å²) in [4.78, 5) is 29.5. The van der Waals surface area contributed by atoms with Gasteiger partial charge in [-0.25, -0.2) is 9.18 Å². The fraction of sp³-hybridized carbons (Fsp3) is 0.562. The molecule has 3 N–H and O–H groups in total. The van der Waals surface area contributed by atoms with Crippen molar-refractivity contribution in [2.45, 2.75) is 26.7 Å². The van der Waals surface area contributed by atoms with Crippen molar-refractivity contribution in [3.63, 3.8) is 0 Å². The number of likely N-dealkylation sites (N-methyl/N-ethyl adjacent to an activating group) is 1. The third-order valence-electron chi connectivity index (χ3n) is 4.00. The van der Waals surface area contributed by atoms with Gasteiger partial charge in [-0.2, -0.15) is 0 Å². The second-order valence-electron chi connectivity index (χ2n) is 6.23. The SMILES string of the molecule is CC[N+](CCCCOc1ccc(C)cc1F)(CC(=O)O)CP(=O)(O)O. The molecule has 0 heterocycles. The lowest BCUT2D eigenvalue weighted by Gasteiger charge is -2.36. The molecule has 0 saturated heterocycles. The highest BCUT2D eigenvalue weighted by Crippen LogP contribution is 2.38. The molecule has 142 valence electrons. The summed E-state index contributed by atoms with van der Waals surface area (Å²) in [5.41, 5.74) is 0.793. The first kappa shape index (κ1) is 21.6. The van der Waals surface area contributed by atoms with Crippen molar-refractivity contribution in [2.75, 3.05) is 32.5 Å². The normalized spacial score (nSPS) is 14.1. The molecule has 9 heteroatoms. The average molecular weight is 378 g/mol. The summed E-state index contributed by atoms with van der Waals surface area (Å²) in [5.74, 6) is -1.39. The maximum absolute atomic E-state index is 13.7. The Morgan fingerprint density at radius 3 is 2.52 bits per heavy atom. The lowest BCUT2D eigenvalue weighted by molar-refractivity contribution is -0.910. The third-order valence-corrected chi connectivity index (χ3v) is 4.97. The predicted molar refractivity (Wildman–Crippen MR) is 90.9 cm³/mol. The molecular formula is C16H26FNO6P+. The van der Waals surface area contributed by atoms with Crippen molar-refractivity contribution in [2.24, 2.45) is 0 Å². The van der Waals surface area contributed by atoms with Crippen LogP contribution in [0, 0.1) is 12.7 Å². The van der Waals surface area contributed by atoms with E-state index < -0.39 is 25.7 Å². The van der Waals surface area contributed by atoms with Crippen LogP contribution < -0.4 is 4.74 Å². The Kier molecular flexibility index (Phi) is 8.02. The fourth-order valence-corrected chi connectivity index (χ4v) is 3.92. The summed E-state index contributed by atoms with van der Waals surface area (Å²) in [5, 5.41) is 9.05. The molecule has 0 aliphatic rings. The van der Waals surface area contributed by atoms with E-state index in [1.165, 1.54) is 6.07 Å². The Morgan fingerprint density at radius 2 is 2.00 bits per heavy atom. The maximum Gasteiger partial charge on any atom is 0.379 e. The van der Waals surface area contributed by atoms with Gasteiger partial charge in [0.1, 0.15) is 0 Å². The number of unbranched alkanes of at least 4 members (excludes halogenated alkanes) is 1. The highest BCUT2D eigenvalue weighted by molar-refractivity contribution is 7.51. The molecular weight excluding hydrogens is 352 g/mol. The molecule has 0 amide bonds. The quantitative estimate of drug-likeness (QED) is 0.310. The van der Waals surface area contributed by atoms with Crippen molar-refractivity contribution in [3.8, 4) is 5.75 Å². The Balaban J connectivity index is 2.56. The van der Waals surface area contributed by atoms with Crippen molar-refractivity contribution in [1.29, 1.82) is 0 Å². The number of rotatable bonds is 11. The Morgan fingerprint density at radius 1 is 1.32 bits per heavy atom. The average Bonchev–Trinajstić information content (AvgIpc) is 2.46. The van der Waals surface area contributed by atoms with Crippen LogP contribution in [-0.2, 0) is 9.36 Å². The summed E-state index contributed by atoms with van der Waals surface area (Å²) >= 11 is 0. The molecule has 0 spiro atoms. The molecule has 0 fully saturated rings. The largest absolute Gasteiger partial charge is 0.491 e. The number of carbonyl (C=O) groups is 1. The van der Waals surface area contributed by atoms with Crippen LogP contribution in [0.5, 0.6) is 5.75 Å². The number of aryl methyl sites for hydroxylation is 1. The van der Waals surface area contributed by atoms with Crippen LogP contribution >= 0.6 is 7.60 Å². The molecule has 1 aromatic rings. The minimum Gasteiger partial charge on any atom is -0.491 e. The molecule has 1 aromatic carbocycles. The van der Waals surface area contributed by atoms with E-state index in [2.05, 4.69) is 0 Å². The first-order valence-corrected chi connectivity index (χ1v) is 9.87. The number of hydrogen-bond donors (Lipinski definition) is 3. The van der Waals surface area contributed by atoms with Gasteiger partial charge in [-0.15, -0.1) is 0 Å². The first-order valence-electron chi connectivity index (χ1n) is 8.07. The van der Waals surface area contributed by atoms with Crippen LogP contribution in [0.3, 0.4) is 0 Å². The number of carboxylic acid groups (broad SMARTS) is 1. The van der Waals surface area contributed by atoms with Crippen LogP contribution in [0.25, 0.3) is 0 Å². The lowest BCUT2D eigenvalue weighted by Crippen LogP contribution is -2.52. The Labute approximate surface area is 146 Å². The zero-order valence-corrected chi connectivity index (χ0v) is 15.4. The summed E-state index contributed by atoms with van der Waals surface area (Å²) < 4.78 is 30.2. The Bertz CT molecular complexity index is 635. The van der Waals surface area contributed by atoms with Gasteiger partial charge in [-0.3, -0.25) is 4.57 Å². The number of nitrogens with zero attached hydrogens (tertiary/aromatic N) is 1. The van der Waals surface area contributed by atoms with Crippen LogP contribution in [-0.4, -0.2) is 57.9 Å². The molecule has 1 unspecified atom stereocenters. The van der Waals surface area contributed by atoms with E-state index in [4.69, 9.17) is 9.84 Å². The van der Waals surface area contributed by atoms with Crippen molar-refractivity contribution in [3.05, 3.63) is 29.6 Å². The van der Waals surface area contributed by atoms with Gasteiger partial charge in [0.15, 0.2) is 24.4 Å². The first-order chi connectivity index (χ1) is 11.6. The number of carboxylic acids is 1. The second kappa shape index (κ2) is 9.29. The second-order valence-corrected chi connectivity index (χ2v) is 7.84. The molecule has 7 nitrogen and oxygen atoms in total. The molecule has 0 aliphatic carbocycles. The van der Waals surface area contributed by atoms with E-state index in [0.717, 1.165) is 5.56 Å². The smallest absolute Gasteiger partial charge is 0.379 e. The van der Waals surface area contributed by atoms with E-state index >= 15 is 0 Å². The van der Waals surface area contributed by atoms with Crippen LogP contribution in [0.15, 0.2) is 18.2 Å². The number of benzene rings is 1. The van der Waals surface area contributed by atoms with Crippen molar-refractivity contribution < 1.29 is 37.9 Å². The predicted octanol–water partition coefficient (Wildman–Crippen LogP) is 2.35. The number of quaternary nitrogens is 1. The molecule has 0 radical (unpaired) electrons. The van der Waals surface area contributed by atoms with E-state index in [1.54, 1.807) is 26.0 Å². The van der Waals surface area contributed by atoms with Crippen LogP contribution in [0.1, 0.15) is 25.3 Å². The van der Waals surface area contributed by atoms with Crippen molar-refractivity contribution in [1.82, 2.24) is 0 Å². The van der Waals surface area contributed by atoms with E-state index in [9.17, 15) is 23.5 Å². The fourth-order valence-electron chi connectivity index (χ4n) is 2.70. The minimum absolute atomic E-state index is 0.155. The molecule has 0 aromatic heterocycles. The molecule has 0 aliphatic heterocycles. The summed E-state index contributed by atoms with van der Waals surface area (Å²) in [6.45, 7) is 3.97. The summed E-state index contributed by atoms with van der Waals surface area (Å²) in [6, 6.07) is 4.67. The zero-order valence-electron chi connectivity index (χ0n) is 14.5. The standard InChI is InChI=1S/C16H25FNO6P/c1-3-18(11-16(19)20,12-25(21,22)23)8-4-5-9-24-15-7-6-13(2)10-14(15)17/h6-7,10H,3-5,8-9,11-12H2,1-2H3,(H2-,19,20,21,22,23)/p+1. The molecule has 1 rings (SSSR count). The molecule has 0 saturated carbocycles. The highest BCUT2D eigenvalue weighted by atomic mass is 31.2. The number of aliphatic carboxylic acids is 1. The highest BCUT2D eigenvalue weighted by Gasteiger charge is 2.35. The van der Waals surface area contributed by atoms with Gasteiger partial charge >= 0.3 is 13.6 Å². The molecule has 0 bridgehead atoms. The topological polar surface area (TPSA) is 104 Å². The van der Waals surface area contributed by atoms with Gasteiger partial charge in [-0.05, 0) is 44.4 Å². The molecule has 25 heavy (non-hydrogen) atoms. The third kappa shape index (κ3) is 7.96. The van der Waals surface area contributed by atoms with Gasteiger partial charge in [0.2, 0.25) is 0 Å². The zero-order chi connectivity index (χ0) is 19.1.